The number of carbonyl (C=O) groups is 1. The van der Waals surface area contributed by atoms with Gasteiger partial charge in [0.15, 0.2) is 0 Å². The molecule has 9 nitrogen and oxygen atoms in total. The van der Waals surface area contributed by atoms with Gasteiger partial charge in [0.05, 0.1) is 18.4 Å². The second-order valence-corrected chi connectivity index (χ2v) is 8.30. The minimum absolute atomic E-state index is 0.0356. The first-order valence-electron chi connectivity index (χ1n) is 11.4. The number of ether oxygens (including phenoxy) is 2. The van der Waals surface area contributed by atoms with Gasteiger partial charge in [0.2, 0.25) is 17.8 Å². The lowest BCUT2D eigenvalue weighted by Gasteiger charge is -2.32. The van der Waals surface area contributed by atoms with Gasteiger partial charge in [-0.25, -0.2) is 14.4 Å². The second-order valence-electron chi connectivity index (χ2n) is 8.30. The highest BCUT2D eigenvalue weighted by atomic mass is 19.4. The lowest BCUT2D eigenvalue weighted by Crippen LogP contribution is -2.38. The summed E-state index contributed by atoms with van der Waals surface area (Å²) >= 11 is 0. The Balaban J connectivity index is 1.30. The molecule has 2 heterocycles. The van der Waals surface area contributed by atoms with E-state index in [4.69, 9.17) is 4.74 Å². The number of piperidine rings is 1. The lowest BCUT2D eigenvalue weighted by atomic mass is 10.1. The molecule has 0 aliphatic carbocycles. The fraction of sp³-hybridized carbons (Fsp3) is 0.333. The molecule has 13 heteroatoms. The Kier molecular flexibility index (Phi) is 8.01. The van der Waals surface area contributed by atoms with E-state index in [1.54, 1.807) is 6.07 Å². The summed E-state index contributed by atoms with van der Waals surface area (Å²) in [4.78, 5) is 26.0. The average Bonchev–Trinajstić information content (AvgIpc) is 2.84. The smallest absolute Gasteiger partial charge is 0.406 e. The third-order valence-corrected chi connectivity index (χ3v) is 5.43. The van der Waals surface area contributed by atoms with E-state index < -0.39 is 18.1 Å². The summed E-state index contributed by atoms with van der Waals surface area (Å²) in [7, 11) is 0. The molecule has 1 fully saturated rings. The first kappa shape index (κ1) is 26.1. The monoisotopic (exact) mass is 520 g/mol. The SMILES string of the molecule is CC(=O)Nc1cc(Nc2ncnc(N3CCC(OCc4cccc(OC(F)(F)F)c4)CC3)n2)ccc1F. The fourth-order valence-electron chi connectivity index (χ4n) is 3.79. The van der Waals surface area contributed by atoms with Crippen molar-refractivity contribution < 1.29 is 31.8 Å². The zero-order chi connectivity index (χ0) is 26.4. The minimum atomic E-state index is -4.74. The Hall–Kier alpha value is -4.00. The Morgan fingerprint density at radius 1 is 1.14 bits per heavy atom. The molecule has 1 amide bonds. The van der Waals surface area contributed by atoms with E-state index >= 15 is 0 Å². The minimum Gasteiger partial charge on any atom is -0.406 e. The maximum atomic E-state index is 13.9. The Morgan fingerprint density at radius 2 is 1.92 bits per heavy atom. The number of nitrogens with zero attached hydrogens (tertiary/aromatic N) is 4. The number of aromatic nitrogens is 3. The summed E-state index contributed by atoms with van der Waals surface area (Å²) in [5, 5.41) is 5.40. The molecule has 1 aromatic heterocycles. The number of alkyl halides is 3. The summed E-state index contributed by atoms with van der Waals surface area (Å²) in [5.74, 6) is -0.532. The maximum absolute atomic E-state index is 13.9. The first-order valence-corrected chi connectivity index (χ1v) is 11.4. The number of rotatable bonds is 8. The highest BCUT2D eigenvalue weighted by Gasteiger charge is 2.31. The van der Waals surface area contributed by atoms with Gasteiger partial charge in [0, 0.05) is 25.7 Å². The average molecular weight is 520 g/mol. The molecular formula is C24H24F4N6O3. The number of carbonyl (C=O) groups excluding carboxylic acids is 1. The number of hydrogen-bond acceptors (Lipinski definition) is 8. The van der Waals surface area contributed by atoms with Gasteiger partial charge in [0.25, 0.3) is 0 Å². The molecule has 2 N–H and O–H groups in total. The van der Waals surface area contributed by atoms with Gasteiger partial charge < -0.3 is 25.0 Å². The van der Waals surface area contributed by atoms with Crippen LogP contribution in [0, 0.1) is 5.82 Å². The fourth-order valence-corrected chi connectivity index (χ4v) is 3.79. The molecule has 0 bridgehead atoms. The second kappa shape index (κ2) is 11.4. The normalized spacial score (nSPS) is 14.4. The van der Waals surface area contributed by atoms with Crippen LogP contribution < -0.4 is 20.3 Å². The van der Waals surface area contributed by atoms with E-state index in [1.807, 2.05) is 4.90 Å². The van der Waals surface area contributed by atoms with Crippen molar-refractivity contribution in [3.63, 3.8) is 0 Å². The van der Waals surface area contributed by atoms with Gasteiger partial charge in [0.1, 0.15) is 17.9 Å². The summed E-state index contributed by atoms with van der Waals surface area (Å²) < 4.78 is 61.0. The largest absolute Gasteiger partial charge is 0.573 e. The van der Waals surface area contributed by atoms with Crippen LogP contribution in [0.25, 0.3) is 0 Å². The third kappa shape index (κ3) is 7.74. The number of nitrogens with one attached hydrogen (secondary N) is 2. The van der Waals surface area contributed by atoms with Crippen molar-refractivity contribution in [3.05, 3.63) is 60.2 Å². The van der Waals surface area contributed by atoms with Crippen molar-refractivity contribution in [2.45, 2.75) is 38.8 Å². The molecule has 196 valence electrons. The molecule has 0 saturated carbocycles. The Bertz CT molecular complexity index is 1240. The molecule has 4 rings (SSSR count). The first-order chi connectivity index (χ1) is 17.6. The molecule has 3 aromatic rings. The molecule has 0 atom stereocenters. The van der Waals surface area contributed by atoms with Crippen molar-refractivity contribution in [3.8, 4) is 5.75 Å². The van der Waals surface area contributed by atoms with Crippen molar-refractivity contribution >= 4 is 29.2 Å². The molecule has 1 aliphatic rings. The standard InChI is InChI=1S/C24H24F4N6O3/c1-15(35)31-21-12-17(5-6-20(21)25)32-22-29-14-30-23(33-22)34-9-7-18(8-10-34)36-13-16-3-2-4-19(11-16)37-24(26,27)28/h2-6,11-12,14,18H,7-10,13H2,1H3,(H,31,35)(H,29,30,32,33). The van der Waals surface area contributed by atoms with Gasteiger partial charge in [-0.1, -0.05) is 12.1 Å². The number of anilines is 4. The van der Waals surface area contributed by atoms with Crippen LogP contribution in [0.15, 0.2) is 48.8 Å². The lowest BCUT2D eigenvalue weighted by molar-refractivity contribution is -0.274. The predicted molar refractivity (Wildman–Crippen MR) is 127 cm³/mol. The van der Waals surface area contributed by atoms with Crippen LogP contribution in [0.5, 0.6) is 5.75 Å². The predicted octanol–water partition coefficient (Wildman–Crippen LogP) is 4.80. The molecule has 0 spiro atoms. The summed E-state index contributed by atoms with van der Waals surface area (Å²) in [6.45, 7) is 2.66. The van der Waals surface area contributed by atoms with Crippen LogP contribution in [0.2, 0.25) is 0 Å². The van der Waals surface area contributed by atoms with Crippen molar-refractivity contribution in [2.24, 2.45) is 0 Å². The quantitative estimate of drug-likeness (QED) is 0.409. The number of hydrogen-bond donors (Lipinski definition) is 2. The van der Waals surface area contributed by atoms with Gasteiger partial charge in [-0.2, -0.15) is 4.98 Å². The summed E-state index contributed by atoms with van der Waals surface area (Å²) in [5.41, 5.74) is 1.10. The Labute approximate surface area is 209 Å². The zero-order valence-electron chi connectivity index (χ0n) is 19.8. The van der Waals surface area contributed by atoms with Crippen LogP contribution in [-0.2, 0) is 16.1 Å². The molecule has 37 heavy (non-hydrogen) atoms. The van der Waals surface area contributed by atoms with Crippen LogP contribution in [-0.4, -0.2) is 46.4 Å². The Morgan fingerprint density at radius 3 is 2.65 bits per heavy atom. The molecule has 2 aromatic carbocycles. The number of halogens is 4. The van der Waals surface area contributed by atoms with E-state index in [1.165, 1.54) is 49.6 Å². The van der Waals surface area contributed by atoms with Gasteiger partial charge >= 0.3 is 6.36 Å². The van der Waals surface area contributed by atoms with E-state index in [2.05, 4.69) is 30.3 Å². The molecule has 0 radical (unpaired) electrons. The molecule has 1 saturated heterocycles. The van der Waals surface area contributed by atoms with E-state index in [0.29, 0.717) is 43.1 Å². The van der Waals surface area contributed by atoms with E-state index in [9.17, 15) is 22.4 Å². The molecule has 0 unspecified atom stereocenters. The van der Waals surface area contributed by atoms with Gasteiger partial charge in [-0.15, -0.1) is 13.2 Å². The van der Waals surface area contributed by atoms with Crippen molar-refractivity contribution in [2.75, 3.05) is 28.6 Å². The highest BCUT2D eigenvalue weighted by Crippen LogP contribution is 2.26. The van der Waals surface area contributed by atoms with E-state index in [0.717, 1.165) is 0 Å². The number of amides is 1. The summed E-state index contributed by atoms with van der Waals surface area (Å²) in [6.07, 6.45) is -2.11. The van der Waals surface area contributed by atoms with Crippen LogP contribution in [0.3, 0.4) is 0 Å². The molecule has 1 aliphatic heterocycles. The van der Waals surface area contributed by atoms with Gasteiger partial charge in [-0.05, 0) is 48.7 Å². The summed E-state index contributed by atoms with van der Waals surface area (Å²) in [6, 6.07) is 9.87. The molecular weight excluding hydrogens is 496 g/mol. The van der Waals surface area contributed by atoms with Crippen LogP contribution in [0.1, 0.15) is 25.3 Å². The third-order valence-electron chi connectivity index (χ3n) is 5.43. The van der Waals surface area contributed by atoms with E-state index in [-0.39, 0.29) is 30.1 Å². The van der Waals surface area contributed by atoms with Crippen molar-refractivity contribution in [1.82, 2.24) is 15.0 Å². The highest BCUT2D eigenvalue weighted by molar-refractivity contribution is 5.89. The van der Waals surface area contributed by atoms with Crippen molar-refractivity contribution in [1.29, 1.82) is 0 Å². The number of benzene rings is 2. The van der Waals surface area contributed by atoms with Gasteiger partial charge in [-0.3, -0.25) is 4.79 Å². The van der Waals surface area contributed by atoms with Crippen LogP contribution in [0.4, 0.5) is 40.8 Å². The van der Waals surface area contributed by atoms with Crippen LogP contribution >= 0.6 is 0 Å². The topological polar surface area (TPSA) is 102 Å². The maximum Gasteiger partial charge on any atom is 0.573 e. The zero-order valence-corrected chi connectivity index (χ0v) is 19.8.